The van der Waals surface area contributed by atoms with Gasteiger partial charge in [-0.1, -0.05) is 18.2 Å². The molecule has 0 amide bonds. The molecule has 0 unspecified atom stereocenters. The molecule has 1 heterocycles. The van der Waals surface area contributed by atoms with Crippen LogP contribution in [0.25, 0.3) is 10.9 Å². The number of fused-ring (bicyclic) bond motifs is 1. The van der Waals surface area contributed by atoms with E-state index < -0.39 is 9.84 Å². The highest BCUT2D eigenvalue weighted by molar-refractivity contribution is 14.0. The fraction of sp³-hybridized carbons (Fsp3) is 0.318. The van der Waals surface area contributed by atoms with Gasteiger partial charge in [0.15, 0.2) is 15.8 Å². The number of guanidine groups is 1. The monoisotopic (exact) mass is 558 g/mol. The SMILES string of the molecule is CCNC(=NCCCS(=O)(=O)c1ccccc1)NCCc1c[nH]c2cc(F)ccc12.I. The Labute approximate surface area is 199 Å². The first-order valence-electron chi connectivity index (χ1n) is 10.0. The van der Waals surface area contributed by atoms with Crippen LogP contribution in [0.4, 0.5) is 4.39 Å². The van der Waals surface area contributed by atoms with Gasteiger partial charge in [0.05, 0.1) is 10.6 Å². The maximum Gasteiger partial charge on any atom is 0.191 e. The van der Waals surface area contributed by atoms with Crippen molar-refractivity contribution < 1.29 is 12.8 Å². The van der Waals surface area contributed by atoms with Crippen molar-refractivity contribution >= 4 is 50.7 Å². The lowest BCUT2D eigenvalue weighted by Gasteiger charge is -2.11. The van der Waals surface area contributed by atoms with Gasteiger partial charge in [0.25, 0.3) is 0 Å². The Morgan fingerprint density at radius 2 is 1.90 bits per heavy atom. The molecule has 0 bridgehead atoms. The van der Waals surface area contributed by atoms with Gasteiger partial charge in [0.1, 0.15) is 5.82 Å². The fourth-order valence-corrected chi connectivity index (χ4v) is 4.53. The normalized spacial score (nSPS) is 11.9. The number of benzene rings is 2. The molecule has 3 rings (SSSR count). The van der Waals surface area contributed by atoms with E-state index in [9.17, 15) is 12.8 Å². The number of rotatable bonds is 9. The number of halogens is 2. The number of aromatic amines is 1. The van der Waals surface area contributed by atoms with Crippen molar-refractivity contribution in [1.82, 2.24) is 15.6 Å². The number of sulfone groups is 1. The zero-order chi connectivity index (χ0) is 21.4. The molecule has 168 valence electrons. The van der Waals surface area contributed by atoms with Crippen LogP contribution < -0.4 is 10.6 Å². The van der Waals surface area contributed by atoms with Crippen molar-refractivity contribution in [2.24, 2.45) is 4.99 Å². The average molecular weight is 558 g/mol. The van der Waals surface area contributed by atoms with Crippen molar-refractivity contribution in [1.29, 1.82) is 0 Å². The summed E-state index contributed by atoms with van der Waals surface area (Å²) in [5, 5.41) is 7.44. The van der Waals surface area contributed by atoms with Crippen molar-refractivity contribution in [2.75, 3.05) is 25.4 Å². The topological polar surface area (TPSA) is 86.3 Å². The minimum Gasteiger partial charge on any atom is -0.361 e. The smallest absolute Gasteiger partial charge is 0.191 e. The van der Waals surface area contributed by atoms with Crippen LogP contribution >= 0.6 is 24.0 Å². The van der Waals surface area contributed by atoms with E-state index in [1.165, 1.54) is 12.1 Å². The zero-order valence-corrected chi connectivity index (χ0v) is 20.5. The second-order valence-electron chi connectivity index (χ2n) is 6.93. The predicted octanol–water partition coefficient (Wildman–Crippen LogP) is 3.89. The lowest BCUT2D eigenvalue weighted by Crippen LogP contribution is -2.38. The molecule has 0 spiro atoms. The van der Waals surface area contributed by atoms with Crippen LogP contribution in [0, 0.1) is 5.82 Å². The summed E-state index contributed by atoms with van der Waals surface area (Å²) in [6.45, 7) is 3.75. The summed E-state index contributed by atoms with van der Waals surface area (Å²) < 4.78 is 38.0. The van der Waals surface area contributed by atoms with Gasteiger partial charge >= 0.3 is 0 Å². The van der Waals surface area contributed by atoms with Gasteiger partial charge in [-0.15, -0.1) is 24.0 Å². The average Bonchev–Trinajstić information content (AvgIpc) is 3.13. The first-order chi connectivity index (χ1) is 14.5. The number of hydrogen-bond acceptors (Lipinski definition) is 3. The van der Waals surface area contributed by atoms with Crippen molar-refractivity contribution in [3.8, 4) is 0 Å². The molecule has 1 aromatic heterocycles. The molecular formula is C22H28FIN4O2S. The van der Waals surface area contributed by atoms with Gasteiger partial charge in [-0.25, -0.2) is 12.8 Å². The molecule has 0 aliphatic rings. The van der Waals surface area contributed by atoms with Crippen LogP contribution in [0.1, 0.15) is 18.9 Å². The third kappa shape index (κ3) is 7.20. The van der Waals surface area contributed by atoms with Crippen molar-refractivity contribution in [3.63, 3.8) is 0 Å². The Balaban J connectivity index is 0.00000341. The van der Waals surface area contributed by atoms with Gasteiger partial charge in [0, 0.05) is 36.7 Å². The highest BCUT2D eigenvalue weighted by atomic mass is 127. The van der Waals surface area contributed by atoms with Crippen molar-refractivity contribution in [3.05, 3.63) is 66.1 Å². The van der Waals surface area contributed by atoms with Gasteiger partial charge in [-0.05, 0) is 55.7 Å². The lowest BCUT2D eigenvalue weighted by molar-refractivity contribution is 0.593. The zero-order valence-electron chi connectivity index (χ0n) is 17.4. The van der Waals surface area contributed by atoms with E-state index in [1.54, 1.807) is 36.4 Å². The Bertz CT molecular complexity index is 1100. The summed E-state index contributed by atoms with van der Waals surface area (Å²) in [6.07, 6.45) is 3.09. The van der Waals surface area contributed by atoms with E-state index >= 15 is 0 Å². The molecule has 0 saturated heterocycles. The molecule has 3 aromatic rings. The Kier molecular flexibility index (Phi) is 9.76. The maximum absolute atomic E-state index is 13.3. The highest BCUT2D eigenvalue weighted by Gasteiger charge is 2.13. The molecule has 31 heavy (non-hydrogen) atoms. The van der Waals surface area contributed by atoms with Crippen LogP contribution in [0.2, 0.25) is 0 Å². The summed E-state index contributed by atoms with van der Waals surface area (Å²) in [4.78, 5) is 7.91. The molecule has 0 fully saturated rings. The molecular weight excluding hydrogens is 530 g/mol. The van der Waals surface area contributed by atoms with Crippen LogP contribution in [-0.4, -0.2) is 44.7 Å². The number of H-pyrrole nitrogens is 1. The molecule has 0 aliphatic carbocycles. The maximum atomic E-state index is 13.3. The quantitative estimate of drug-likeness (QED) is 0.161. The van der Waals surface area contributed by atoms with E-state index in [-0.39, 0.29) is 35.5 Å². The molecule has 0 radical (unpaired) electrons. The van der Waals surface area contributed by atoms with Crippen LogP contribution in [0.15, 0.2) is 64.6 Å². The highest BCUT2D eigenvalue weighted by Crippen LogP contribution is 2.19. The molecule has 2 aromatic carbocycles. The first kappa shape index (κ1) is 25.1. The second-order valence-corrected chi connectivity index (χ2v) is 9.04. The molecule has 0 aliphatic heterocycles. The number of hydrogen-bond donors (Lipinski definition) is 3. The summed E-state index contributed by atoms with van der Waals surface area (Å²) in [5.41, 5.74) is 1.88. The van der Waals surface area contributed by atoms with E-state index in [0.29, 0.717) is 36.9 Å². The van der Waals surface area contributed by atoms with Gasteiger partial charge in [0.2, 0.25) is 0 Å². The molecule has 9 heteroatoms. The fourth-order valence-electron chi connectivity index (χ4n) is 3.21. The van der Waals surface area contributed by atoms with E-state index in [2.05, 4.69) is 20.6 Å². The third-order valence-corrected chi connectivity index (χ3v) is 6.52. The van der Waals surface area contributed by atoms with Crippen LogP contribution in [0.3, 0.4) is 0 Å². The summed E-state index contributed by atoms with van der Waals surface area (Å²) in [7, 11) is -3.28. The summed E-state index contributed by atoms with van der Waals surface area (Å²) >= 11 is 0. The molecule has 6 nitrogen and oxygen atoms in total. The largest absolute Gasteiger partial charge is 0.361 e. The minimum absolute atomic E-state index is 0. The minimum atomic E-state index is -3.28. The number of nitrogens with one attached hydrogen (secondary N) is 3. The van der Waals surface area contributed by atoms with E-state index in [4.69, 9.17) is 0 Å². The summed E-state index contributed by atoms with van der Waals surface area (Å²) in [6, 6.07) is 13.2. The summed E-state index contributed by atoms with van der Waals surface area (Å²) in [5.74, 6) is 0.455. The number of aromatic nitrogens is 1. The standard InChI is InChI=1S/C22H27FN4O2S.HI/c1-2-24-22(25-12-6-14-30(28,29)19-7-4-3-5-8-19)26-13-11-17-16-27-21-15-18(23)9-10-20(17)21;/h3-5,7-10,15-16,27H,2,6,11-14H2,1H3,(H2,24,25,26);1H. The van der Waals surface area contributed by atoms with Crippen LogP contribution in [-0.2, 0) is 16.3 Å². The van der Waals surface area contributed by atoms with Crippen LogP contribution in [0.5, 0.6) is 0 Å². The third-order valence-electron chi connectivity index (χ3n) is 4.70. The Morgan fingerprint density at radius 1 is 1.13 bits per heavy atom. The molecule has 0 atom stereocenters. The van der Waals surface area contributed by atoms with Gasteiger partial charge in [-0.3, -0.25) is 4.99 Å². The van der Waals surface area contributed by atoms with Gasteiger partial charge in [-0.2, -0.15) is 0 Å². The van der Waals surface area contributed by atoms with E-state index in [1.807, 2.05) is 13.1 Å². The number of aliphatic imine (C=N–C) groups is 1. The Hall–Kier alpha value is -2.14. The van der Waals surface area contributed by atoms with E-state index in [0.717, 1.165) is 22.9 Å². The lowest BCUT2D eigenvalue weighted by atomic mass is 10.1. The van der Waals surface area contributed by atoms with Crippen molar-refractivity contribution in [2.45, 2.75) is 24.7 Å². The second kappa shape index (κ2) is 12.0. The molecule has 0 saturated carbocycles. The molecule has 3 N–H and O–H groups in total. The first-order valence-corrected chi connectivity index (χ1v) is 11.7. The predicted molar refractivity (Wildman–Crippen MR) is 134 cm³/mol. The Morgan fingerprint density at radius 3 is 2.65 bits per heavy atom. The van der Waals surface area contributed by atoms with Gasteiger partial charge < -0.3 is 15.6 Å². The number of nitrogens with zero attached hydrogens (tertiary/aromatic N) is 1.